The average molecular weight is 460 g/mol. The van der Waals surface area contributed by atoms with Crippen molar-refractivity contribution in [1.82, 2.24) is 9.66 Å². The maximum absolute atomic E-state index is 12.9. The number of ether oxygens (including phenoxy) is 3. The smallest absolute Gasteiger partial charge is 0.282 e. The van der Waals surface area contributed by atoms with E-state index < -0.39 is 0 Å². The van der Waals surface area contributed by atoms with Crippen molar-refractivity contribution in [3.63, 3.8) is 0 Å². The minimum Gasteiger partial charge on any atom is -0.493 e. The highest BCUT2D eigenvalue weighted by Gasteiger charge is 2.15. The minimum atomic E-state index is -0.247. The number of methoxy groups -OCH3 is 2. The van der Waals surface area contributed by atoms with Gasteiger partial charge in [-0.3, -0.25) is 4.79 Å². The van der Waals surface area contributed by atoms with E-state index in [2.05, 4.69) is 26.0 Å². The van der Waals surface area contributed by atoms with Crippen molar-refractivity contribution in [2.75, 3.05) is 14.2 Å². The van der Waals surface area contributed by atoms with Crippen molar-refractivity contribution >= 4 is 33.0 Å². The lowest BCUT2D eigenvalue weighted by atomic mass is 10.2. The van der Waals surface area contributed by atoms with Crippen LogP contribution in [0, 0.1) is 6.92 Å². The summed E-state index contributed by atoms with van der Waals surface area (Å²) in [6.45, 7) is 5.59. The van der Waals surface area contributed by atoms with E-state index in [1.165, 1.54) is 4.68 Å². The molecule has 8 heteroatoms. The number of rotatable bonds is 6. The number of aryl methyl sites for hydroxylation is 1. The maximum Gasteiger partial charge on any atom is 0.282 e. The molecule has 3 aromatic rings. The summed E-state index contributed by atoms with van der Waals surface area (Å²) < 4.78 is 18.8. The third-order valence-corrected chi connectivity index (χ3v) is 4.62. The lowest BCUT2D eigenvalue weighted by molar-refractivity contribution is 0.218. The van der Waals surface area contributed by atoms with E-state index in [1.54, 1.807) is 51.6 Å². The van der Waals surface area contributed by atoms with Gasteiger partial charge in [-0.1, -0.05) is 15.9 Å². The van der Waals surface area contributed by atoms with Crippen molar-refractivity contribution in [2.24, 2.45) is 5.10 Å². The topological polar surface area (TPSA) is 74.9 Å². The average Bonchev–Trinajstić information content (AvgIpc) is 2.68. The fraction of sp³-hybridized carbons (Fsp3) is 0.286. The maximum atomic E-state index is 12.9. The van der Waals surface area contributed by atoms with Gasteiger partial charge in [0.1, 0.15) is 5.82 Å². The largest absolute Gasteiger partial charge is 0.493 e. The standard InChI is InChI=1S/C21H22BrN3O4/c1-12(2)29-20-18(27-4)8-14(9-19(20)28-5)11-23-25-13(3)24-17-7-6-15(22)10-16(17)21(25)26/h6-12H,1-5H3. The summed E-state index contributed by atoms with van der Waals surface area (Å²) in [4.78, 5) is 17.3. The van der Waals surface area contributed by atoms with Crippen molar-refractivity contribution in [2.45, 2.75) is 26.9 Å². The number of aromatic nitrogens is 2. The van der Waals surface area contributed by atoms with Crippen LogP contribution in [0.5, 0.6) is 17.2 Å². The third kappa shape index (κ3) is 4.42. The first-order chi connectivity index (χ1) is 13.8. The monoisotopic (exact) mass is 459 g/mol. The molecule has 0 spiro atoms. The third-order valence-electron chi connectivity index (χ3n) is 4.13. The van der Waals surface area contributed by atoms with Crippen LogP contribution in [-0.4, -0.2) is 36.2 Å². The molecule has 0 radical (unpaired) electrons. The fourth-order valence-corrected chi connectivity index (χ4v) is 3.21. The molecule has 0 aliphatic heterocycles. The van der Waals surface area contributed by atoms with Gasteiger partial charge in [-0.2, -0.15) is 9.78 Å². The van der Waals surface area contributed by atoms with E-state index in [-0.39, 0.29) is 11.7 Å². The molecule has 0 N–H and O–H groups in total. The van der Waals surface area contributed by atoms with Gasteiger partial charge < -0.3 is 14.2 Å². The normalized spacial score (nSPS) is 11.4. The van der Waals surface area contributed by atoms with Crippen molar-refractivity contribution in [3.05, 3.63) is 56.5 Å². The number of fused-ring (bicyclic) bond motifs is 1. The van der Waals surface area contributed by atoms with E-state index in [0.29, 0.717) is 39.5 Å². The van der Waals surface area contributed by atoms with Gasteiger partial charge >= 0.3 is 0 Å². The Morgan fingerprint density at radius 3 is 2.38 bits per heavy atom. The summed E-state index contributed by atoms with van der Waals surface area (Å²) in [6.07, 6.45) is 1.52. The molecule has 0 aliphatic carbocycles. The molecule has 0 amide bonds. The van der Waals surface area contributed by atoms with Crippen molar-refractivity contribution in [3.8, 4) is 17.2 Å². The Balaban J connectivity index is 2.07. The molecule has 0 aliphatic rings. The molecule has 0 atom stereocenters. The van der Waals surface area contributed by atoms with Crippen LogP contribution in [0.4, 0.5) is 0 Å². The van der Waals surface area contributed by atoms with E-state index in [0.717, 1.165) is 4.47 Å². The van der Waals surface area contributed by atoms with Gasteiger partial charge in [0.15, 0.2) is 11.5 Å². The molecule has 1 aromatic heterocycles. The molecule has 0 unspecified atom stereocenters. The zero-order valence-electron chi connectivity index (χ0n) is 16.9. The predicted molar refractivity (Wildman–Crippen MR) is 117 cm³/mol. The summed E-state index contributed by atoms with van der Waals surface area (Å²) >= 11 is 3.39. The Morgan fingerprint density at radius 2 is 1.79 bits per heavy atom. The highest BCUT2D eigenvalue weighted by molar-refractivity contribution is 9.10. The Kier molecular flexibility index (Phi) is 6.22. The van der Waals surface area contributed by atoms with Gasteiger partial charge in [0, 0.05) is 10.0 Å². The summed E-state index contributed by atoms with van der Waals surface area (Å²) in [5.41, 5.74) is 1.07. The molecule has 0 fully saturated rings. The molecule has 1 heterocycles. The molecule has 0 saturated heterocycles. The lowest BCUT2D eigenvalue weighted by Crippen LogP contribution is -2.20. The first-order valence-corrected chi connectivity index (χ1v) is 9.79. The molecular weight excluding hydrogens is 438 g/mol. The second-order valence-corrected chi connectivity index (χ2v) is 7.52. The van der Waals surface area contributed by atoms with Gasteiger partial charge in [-0.25, -0.2) is 4.98 Å². The van der Waals surface area contributed by atoms with Gasteiger partial charge in [0.25, 0.3) is 5.56 Å². The number of halogens is 1. The van der Waals surface area contributed by atoms with E-state index in [9.17, 15) is 4.79 Å². The molecule has 3 rings (SSSR count). The van der Waals surface area contributed by atoms with E-state index in [4.69, 9.17) is 14.2 Å². The highest BCUT2D eigenvalue weighted by atomic mass is 79.9. The SMILES string of the molecule is COc1cc(C=Nn2c(C)nc3ccc(Br)cc3c2=O)cc(OC)c1OC(C)C. The molecule has 0 bridgehead atoms. The van der Waals surface area contributed by atoms with E-state index in [1.807, 2.05) is 19.9 Å². The summed E-state index contributed by atoms with van der Waals surface area (Å²) in [6, 6.07) is 8.93. The van der Waals surface area contributed by atoms with Crippen LogP contribution in [0.2, 0.25) is 0 Å². The molecule has 2 aromatic carbocycles. The van der Waals surface area contributed by atoms with E-state index >= 15 is 0 Å². The van der Waals surface area contributed by atoms with Crippen LogP contribution in [0.15, 0.2) is 44.7 Å². The Labute approximate surface area is 177 Å². The predicted octanol–water partition coefficient (Wildman–Crippen LogP) is 4.15. The number of hydrogen-bond donors (Lipinski definition) is 0. The second-order valence-electron chi connectivity index (χ2n) is 6.60. The van der Waals surface area contributed by atoms with Gasteiger partial charge in [-0.05, 0) is 51.1 Å². The van der Waals surface area contributed by atoms with Gasteiger partial charge in [-0.15, -0.1) is 0 Å². The zero-order valence-corrected chi connectivity index (χ0v) is 18.5. The summed E-state index contributed by atoms with van der Waals surface area (Å²) in [5, 5.41) is 4.83. The summed E-state index contributed by atoms with van der Waals surface area (Å²) in [5.74, 6) is 2.04. The Hall–Kier alpha value is -2.87. The Morgan fingerprint density at radius 1 is 1.14 bits per heavy atom. The minimum absolute atomic E-state index is 0.0402. The highest BCUT2D eigenvalue weighted by Crippen LogP contribution is 2.38. The van der Waals surface area contributed by atoms with Gasteiger partial charge in [0.05, 0.1) is 37.4 Å². The number of nitrogens with zero attached hydrogens (tertiary/aromatic N) is 3. The van der Waals surface area contributed by atoms with Gasteiger partial charge in [0.2, 0.25) is 5.75 Å². The first-order valence-electron chi connectivity index (χ1n) is 9.00. The van der Waals surface area contributed by atoms with Crippen LogP contribution < -0.4 is 19.8 Å². The van der Waals surface area contributed by atoms with Crippen molar-refractivity contribution in [1.29, 1.82) is 0 Å². The van der Waals surface area contributed by atoms with Crippen LogP contribution >= 0.6 is 15.9 Å². The van der Waals surface area contributed by atoms with Crippen LogP contribution in [0.1, 0.15) is 25.2 Å². The molecular formula is C21H22BrN3O4. The number of hydrogen-bond acceptors (Lipinski definition) is 6. The number of benzene rings is 2. The Bertz CT molecular complexity index is 1110. The quantitative estimate of drug-likeness (QED) is 0.517. The van der Waals surface area contributed by atoms with Crippen LogP contribution in [-0.2, 0) is 0 Å². The molecule has 7 nitrogen and oxygen atoms in total. The lowest BCUT2D eigenvalue weighted by Gasteiger charge is -2.17. The van der Waals surface area contributed by atoms with Crippen LogP contribution in [0.3, 0.4) is 0 Å². The molecule has 152 valence electrons. The second kappa shape index (κ2) is 8.65. The van der Waals surface area contributed by atoms with Crippen LogP contribution in [0.25, 0.3) is 10.9 Å². The summed E-state index contributed by atoms with van der Waals surface area (Å²) in [7, 11) is 3.12. The zero-order chi connectivity index (χ0) is 21.1. The molecule has 29 heavy (non-hydrogen) atoms. The van der Waals surface area contributed by atoms with Crippen molar-refractivity contribution < 1.29 is 14.2 Å². The molecule has 0 saturated carbocycles. The fourth-order valence-electron chi connectivity index (χ4n) is 2.85. The first kappa shape index (κ1) is 20.9.